The molecule has 238 valence electrons. The fourth-order valence-corrected chi connectivity index (χ4v) is 4.05. The molecule has 0 heterocycles. The highest BCUT2D eigenvalue weighted by Gasteiger charge is 2.18. The highest BCUT2D eigenvalue weighted by molar-refractivity contribution is 6.03. The first-order chi connectivity index (χ1) is 20.6. The summed E-state index contributed by atoms with van der Waals surface area (Å²) in [5.41, 5.74) is 0.586. The quantitative estimate of drug-likeness (QED) is 0.112. The second-order valence-electron chi connectivity index (χ2n) is 10.4. The molecule has 2 aromatic carbocycles. The Hall–Kier alpha value is -2.70. The van der Waals surface area contributed by atoms with Crippen molar-refractivity contribution in [2.24, 2.45) is 0 Å². The van der Waals surface area contributed by atoms with Gasteiger partial charge in [-0.2, -0.15) is 0 Å². The number of rotatable bonds is 21. The highest BCUT2D eigenvalue weighted by Crippen LogP contribution is 2.14. The molecule has 0 spiro atoms. The lowest BCUT2D eigenvalue weighted by atomic mass is 10.1. The van der Waals surface area contributed by atoms with Gasteiger partial charge in [0.05, 0.1) is 24.3 Å². The number of aliphatic hydroxyl groups is 2. The fourth-order valence-electron chi connectivity index (χ4n) is 4.05. The lowest BCUT2D eigenvalue weighted by Gasteiger charge is -2.10. The number of hydrogen-bond acceptors (Lipinski definition) is 6. The van der Waals surface area contributed by atoms with Crippen molar-refractivity contribution in [1.29, 1.82) is 0 Å². The van der Waals surface area contributed by atoms with Crippen LogP contribution in [0.15, 0.2) is 60.7 Å². The highest BCUT2D eigenvalue weighted by atomic mass is 16.5. The smallest absolute Gasteiger partial charge is 0.339 e. The molecular weight excluding hydrogens is 528 g/mol. The number of carbonyl (C=O) groups is 2. The second kappa shape index (κ2) is 31.2. The summed E-state index contributed by atoms with van der Waals surface area (Å²) in [5, 5.41) is 16.6. The molecule has 0 unspecified atom stereocenters. The summed E-state index contributed by atoms with van der Waals surface area (Å²) >= 11 is 0. The van der Waals surface area contributed by atoms with Crippen LogP contribution in [-0.4, -0.2) is 48.6 Å². The molecule has 0 amide bonds. The molecule has 0 aliphatic rings. The topological polar surface area (TPSA) is 93.1 Å². The lowest BCUT2D eigenvalue weighted by molar-refractivity contribution is 0.0450. The molecule has 0 aliphatic carbocycles. The van der Waals surface area contributed by atoms with Crippen molar-refractivity contribution in [3.8, 4) is 0 Å². The van der Waals surface area contributed by atoms with E-state index >= 15 is 0 Å². The van der Waals surface area contributed by atoms with Crippen LogP contribution in [0.2, 0.25) is 0 Å². The van der Waals surface area contributed by atoms with Crippen LogP contribution in [0.3, 0.4) is 0 Å². The van der Waals surface area contributed by atoms with Gasteiger partial charge in [-0.1, -0.05) is 139 Å². The third-order valence-corrected chi connectivity index (χ3v) is 6.56. The molecule has 0 saturated heterocycles. The van der Waals surface area contributed by atoms with Gasteiger partial charge < -0.3 is 19.7 Å². The van der Waals surface area contributed by atoms with Gasteiger partial charge in [0, 0.05) is 13.2 Å². The molecular formula is C36H58O6. The van der Waals surface area contributed by atoms with Crippen LogP contribution in [0.25, 0.3) is 0 Å². The van der Waals surface area contributed by atoms with E-state index in [4.69, 9.17) is 19.7 Å². The molecule has 0 aliphatic heterocycles. The van der Waals surface area contributed by atoms with Gasteiger partial charge in [0.2, 0.25) is 0 Å². The van der Waals surface area contributed by atoms with E-state index in [1.54, 1.807) is 24.3 Å². The number of hydrogen-bond donors (Lipinski definition) is 2. The number of benzene rings is 2. The van der Waals surface area contributed by atoms with Gasteiger partial charge in [0.25, 0.3) is 0 Å². The normalized spacial score (nSPS) is 10.1. The average Bonchev–Trinajstić information content (AvgIpc) is 3.03. The summed E-state index contributed by atoms with van der Waals surface area (Å²) in [6.07, 6.45) is 17.5. The van der Waals surface area contributed by atoms with Gasteiger partial charge in [0.1, 0.15) is 0 Å². The van der Waals surface area contributed by atoms with Crippen molar-refractivity contribution >= 4 is 11.9 Å². The maximum Gasteiger partial charge on any atom is 0.339 e. The first-order valence-electron chi connectivity index (χ1n) is 16.3. The van der Waals surface area contributed by atoms with E-state index in [-0.39, 0.29) is 13.2 Å². The first-order valence-corrected chi connectivity index (χ1v) is 16.3. The molecule has 6 heteroatoms. The van der Waals surface area contributed by atoms with Crippen LogP contribution in [0, 0.1) is 0 Å². The second-order valence-corrected chi connectivity index (χ2v) is 10.4. The van der Waals surface area contributed by atoms with Crippen molar-refractivity contribution in [2.45, 2.75) is 117 Å². The molecule has 0 radical (unpaired) electrons. The van der Waals surface area contributed by atoms with Crippen molar-refractivity contribution in [3.05, 3.63) is 71.8 Å². The Morgan fingerprint density at radius 3 is 1.12 bits per heavy atom. The Balaban J connectivity index is 0.000000973. The first kappa shape index (κ1) is 39.3. The summed E-state index contributed by atoms with van der Waals surface area (Å²) in [7, 11) is 0. The summed E-state index contributed by atoms with van der Waals surface area (Å²) in [6, 6.07) is 18.7. The van der Waals surface area contributed by atoms with Gasteiger partial charge in [-0.3, -0.25) is 0 Å². The molecule has 0 bridgehead atoms. The molecule has 42 heavy (non-hydrogen) atoms. The molecule has 2 aromatic rings. The zero-order valence-electron chi connectivity index (χ0n) is 26.4. The van der Waals surface area contributed by atoms with Gasteiger partial charge in [0.15, 0.2) is 0 Å². The van der Waals surface area contributed by atoms with E-state index < -0.39 is 11.9 Å². The zero-order chi connectivity index (χ0) is 30.9. The van der Waals surface area contributed by atoms with Crippen molar-refractivity contribution in [1.82, 2.24) is 0 Å². The molecule has 0 aromatic heterocycles. The number of esters is 2. The Bertz CT molecular complexity index is 773. The van der Waals surface area contributed by atoms with E-state index in [0.717, 1.165) is 51.4 Å². The third-order valence-electron chi connectivity index (χ3n) is 6.56. The summed E-state index contributed by atoms with van der Waals surface area (Å²) in [5.74, 6) is -0.888. The number of ether oxygens (including phenoxy) is 2. The Kier molecular flexibility index (Phi) is 29.2. The molecule has 0 saturated carbocycles. The summed E-state index contributed by atoms with van der Waals surface area (Å²) < 4.78 is 10.7. The van der Waals surface area contributed by atoms with E-state index in [1.165, 1.54) is 51.4 Å². The summed E-state index contributed by atoms with van der Waals surface area (Å²) in [6.45, 7) is 5.74. The van der Waals surface area contributed by atoms with Gasteiger partial charge in [-0.25, -0.2) is 9.59 Å². The fraction of sp³-hybridized carbons (Fsp3) is 0.611. The standard InChI is InChI=1S/C24H38O4.C6H14O2.C6H6/c1-3-5-7-9-11-15-19-27-23(25)21-17-13-14-18-22(21)24(26)28-20-16-12-10-8-6-4-2;7-5-3-1-2-4-6-8;1-2-4-6-5-3-1/h13-14,17-18H,3-12,15-16,19-20H2,1-2H3;7-8H,1-6H2;1-6H. The Morgan fingerprint density at radius 1 is 0.476 bits per heavy atom. The van der Waals surface area contributed by atoms with Gasteiger partial charge in [-0.05, 0) is 37.8 Å². The van der Waals surface area contributed by atoms with Crippen molar-refractivity contribution in [3.63, 3.8) is 0 Å². The van der Waals surface area contributed by atoms with E-state index in [2.05, 4.69) is 13.8 Å². The molecule has 0 atom stereocenters. The van der Waals surface area contributed by atoms with E-state index in [9.17, 15) is 9.59 Å². The van der Waals surface area contributed by atoms with E-state index in [0.29, 0.717) is 24.3 Å². The predicted molar refractivity (Wildman–Crippen MR) is 173 cm³/mol. The molecule has 0 fully saturated rings. The number of carbonyl (C=O) groups excluding carboxylic acids is 2. The maximum absolute atomic E-state index is 12.4. The predicted octanol–water partition coefficient (Wildman–Crippen LogP) is 8.94. The number of aliphatic hydroxyl groups excluding tert-OH is 2. The van der Waals surface area contributed by atoms with Gasteiger partial charge in [-0.15, -0.1) is 0 Å². The van der Waals surface area contributed by atoms with Crippen LogP contribution in [-0.2, 0) is 9.47 Å². The summed E-state index contributed by atoms with van der Waals surface area (Å²) in [4.78, 5) is 24.7. The Morgan fingerprint density at radius 2 is 0.786 bits per heavy atom. The van der Waals surface area contributed by atoms with Crippen LogP contribution in [0.5, 0.6) is 0 Å². The molecule has 2 N–H and O–H groups in total. The Labute approximate surface area is 255 Å². The largest absolute Gasteiger partial charge is 0.462 e. The SMILES string of the molecule is CCCCCCCCOC(=O)c1ccccc1C(=O)OCCCCCCCC.OCCCCCCO.c1ccccc1. The minimum Gasteiger partial charge on any atom is -0.462 e. The van der Waals surface area contributed by atoms with Crippen molar-refractivity contribution < 1.29 is 29.3 Å². The maximum atomic E-state index is 12.4. The minimum absolute atomic E-state index is 0.283. The van der Waals surface area contributed by atoms with Crippen LogP contribution in [0.4, 0.5) is 0 Å². The molecule has 2 rings (SSSR count). The average molecular weight is 587 g/mol. The minimum atomic E-state index is -0.444. The third kappa shape index (κ3) is 24.0. The monoisotopic (exact) mass is 586 g/mol. The van der Waals surface area contributed by atoms with Gasteiger partial charge >= 0.3 is 11.9 Å². The van der Waals surface area contributed by atoms with Crippen LogP contribution in [0.1, 0.15) is 137 Å². The molecule has 6 nitrogen and oxygen atoms in total. The zero-order valence-corrected chi connectivity index (χ0v) is 26.4. The van der Waals surface area contributed by atoms with Crippen molar-refractivity contribution in [2.75, 3.05) is 26.4 Å². The van der Waals surface area contributed by atoms with Crippen LogP contribution >= 0.6 is 0 Å². The number of unbranched alkanes of at least 4 members (excludes halogenated alkanes) is 13. The van der Waals surface area contributed by atoms with Crippen LogP contribution < -0.4 is 0 Å². The lowest BCUT2D eigenvalue weighted by Crippen LogP contribution is -2.15. The van der Waals surface area contributed by atoms with E-state index in [1.807, 2.05) is 36.4 Å².